The first-order chi connectivity index (χ1) is 8.40. The summed E-state index contributed by atoms with van der Waals surface area (Å²) in [5.74, 6) is 0.789. The zero-order valence-electron chi connectivity index (χ0n) is 11.4. The highest BCUT2D eigenvalue weighted by Gasteiger charge is 2.28. The van der Waals surface area contributed by atoms with E-state index in [1.165, 1.54) is 0 Å². The zero-order chi connectivity index (χ0) is 13.8. The molecule has 1 aromatic rings. The highest BCUT2D eigenvalue weighted by Crippen LogP contribution is 2.27. The molecule has 3 nitrogen and oxygen atoms in total. The Morgan fingerprint density at radius 1 is 1.39 bits per heavy atom. The minimum atomic E-state index is -0.544. The third kappa shape index (κ3) is 3.97. The maximum Gasteiger partial charge on any atom is 0.133 e. The van der Waals surface area contributed by atoms with Gasteiger partial charge in [-0.1, -0.05) is 6.07 Å². The molecule has 0 aromatic heterocycles. The third-order valence-corrected chi connectivity index (χ3v) is 3.58. The Hall–Kier alpha value is -0.580. The number of rotatable bonds is 6. The van der Waals surface area contributed by atoms with Gasteiger partial charge in [0.25, 0.3) is 0 Å². The van der Waals surface area contributed by atoms with Crippen molar-refractivity contribution in [3.8, 4) is 5.75 Å². The number of ether oxygens (including phenoxy) is 2. The van der Waals surface area contributed by atoms with Gasteiger partial charge in [0, 0.05) is 13.0 Å². The normalized spacial score (nSPS) is 13.4. The van der Waals surface area contributed by atoms with E-state index in [0.717, 1.165) is 15.8 Å². The van der Waals surface area contributed by atoms with Gasteiger partial charge in [-0.3, -0.25) is 0 Å². The molecule has 0 amide bonds. The summed E-state index contributed by atoms with van der Waals surface area (Å²) in [7, 11) is 1.63. The first-order valence-corrected chi connectivity index (χ1v) is 6.84. The van der Waals surface area contributed by atoms with E-state index >= 15 is 0 Å². The SMILES string of the molecule is CCOC(C)(C)C(O)Cc1ccc(OC)c(Br)c1. The van der Waals surface area contributed by atoms with Crippen molar-refractivity contribution < 1.29 is 14.6 Å². The van der Waals surface area contributed by atoms with Crippen LogP contribution in [-0.2, 0) is 11.2 Å². The van der Waals surface area contributed by atoms with Gasteiger partial charge in [0.15, 0.2) is 0 Å². The predicted molar refractivity (Wildman–Crippen MR) is 76.1 cm³/mol. The van der Waals surface area contributed by atoms with Crippen molar-refractivity contribution in [2.24, 2.45) is 0 Å². The second-order valence-corrected chi connectivity index (χ2v) is 5.58. The fourth-order valence-electron chi connectivity index (χ4n) is 1.77. The Bertz CT molecular complexity index is 391. The van der Waals surface area contributed by atoms with Crippen LogP contribution in [0, 0.1) is 0 Å². The van der Waals surface area contributed by atoms with Gasteiger partial charge in [-0.05, 0) is 54.4 Å². The Morgan fingerprint density at radius 2 is 2.06 bits per heavy atom. The Labute approximate surface area is 117 Å². The summed E-state index contributed by atoms with van der Waals surface area (Å²) >= 11 is 3.44. The van der Waals surface area contributed by atoms with Gasteiger partial charge in [0.05, 0.1) is 23.3 Å². The molecule has 1 aromatic carbocycles. The molecule has 1 atom stereocenters. The maximum atomic E-state index is 10.2. The molecule has 102 valence electrons. The summed E-state index contributed by atoms with van der Waals surface area (Å²) in [5.41, 5.74) is 0.504. The molecule has 0 heterocycles. The predicted octanol–water partition coefficient (Wildman–Crippen LogP) is 3.18. The Kier molecular flexibility index (Phi) is 5.63. The first-order valence-electron chi connectivity index (χ1n) is 6.05. The van der Waals surface area contributed by atoms with E-state index in [2.05, 4.69) is 15.9 Å². The fraction of sp³-hybridized carbons (Fsp3) is 0.571. The standard InChI is InChI=1S/C14H21BrO3/c1-5-18-14(2,3)13(16)9-10-6-7-12(17-4)11(15)8-10/h6-8,13,16H,5,9H2,1-4H3. The lowest BCUT2D eigenvalue weighted by molar-refractivity contribution is -0.0955. The van der Waals surface area contributed by atoms with Crippen molar-refractivity contribution in [2.75, 3.05) is 13.7 Å². The third-order valence-electron chi connectivity index (χ3n) is 2.96. The number of aliphatic hydroxyl groups excluding tert-OH is 1. The highest BCUT2D eigenvalue weighted by molar-refractivity contribution is 9.10. The molecule has 1 unspecified atom stereocenters. The molecule has 1 rings (SSSR count). The highest BCUT2D eigenvalue weighted by atomic mass is 79.9. The molecule has 0 aliphatic carbocycles. The van der Waals surface area contributed by atoms with Crippen LogP contribution in [0.2, 0.25) is 0 Å². The summed E-state index contributed by atoms with van der Waals surface area (Å²) in [5, 5.41) is 10.2. The molecule has 0 bridgehead atoms. The number of halogens is 1. The molecule has 1 N–H and O–H groups in total. The van der Waals surface area contributed by atoms with Crippen molar-refractivity contribution in [2.45, 2.75) is 38.9 Å². The molecular formula is C14H21BrO3. The number of aliphatic hydroxyl groups is 1. The molecule has 4 heteroatoms. The van der Waals surface area contributed by atoms with Crippen LogP contribution in [0.1, 0.15) is 26.3 Å². The van der Waals surface area contributed by atoms with Crippen LogP contribution in [0.3, 0.4) is 0 Å². The zero-order valence-corrected chi connectivity index (χ0v) is 13.0. The van der Waals surface area contributed by atoms with E-state index in [0.29, 0.717) is 13.0 Å². The van der Waals surface area contributed by atoms with Gasteiger partial charge in [0.1, 0.15) is 5.75 Å². The minimum absolute atomic E-state index is 0.541. The van der Waals surface area contributed by atoms with Gasteiger partial charge in [-0.15, -0.1) is 0 Å². The van der Waals surface area contributed by atoms with Crippen molar-refractivity contribution in [1.29, 1.82) is 0 Å². The first kappa shape index (κ1) is 15.5. The minimum Gasteiger partial charge on any atom is -0.496 e. The lowest BCUT2D eigenvalue weighted by atomic mass is 9.95. The number of hydrogen-bond donors (Lipinski definition) is 1. The lowest BCUT2D eigenvalue weighted by Crippen LogP contribution is -2.40. The van der Waals surface area contributed by atoms with E-state index in [-0.39, 0.29) is 0 Å². The summed E-state index contributed by atoms with van der Waals surface area (Å²) < 4.78 is 11.6. The fourth-order valence-corrected chi connectivity index (χ4v) is 2.36. The van der Waals surface area contributed by atoms with Gasteiger partial charge in [-0.2, -0.15) is 0 Å². The summed E-state index contributed by atoms with van der Waals surface area (Å²) in [4.78, 5) is 0. The smallest absolute Gasteiger partial charge is 0.133 e. The molecule has 18 heavy (non-hydrogen) atoms. The van der Waals surface area contributed by atoms with Gasteiger partial charge >= 0.3 is 0 Å². The average molecular weight is 317 g/mol. The second kappa shape index (κ2) is 6.55. The lowest BCUT2D eigenvalue weighted by Gasteiger charge is -2.30. The summed E-state index contributed by atoms with van der Waals surface area (Å²) in [6.07, 6.45) is 0.00743. The van der Waals surface area contributed by atoms with Crippen molar-refractivity contribution in [3.63, 3.8) is 0 Å². The monoisotopic (exact) mass is 316 g/mol. The van der Waals surface area contributed by atoms with Crippen LogP contribution < -0.4 is 4.74 Å². The van der Waals surface area contributed by atoms with E-state index in [1.54, 1.807) is 7.11 Å². The van der Waals surface area contributed by atoms with E-state index < -0.39 is 11.7 Å². The molecule has 0 aliphatic rings. The number of benzene rings is 1. The Balaban J connectivity index is 2.76. The summed E-state index contributed by atoms with van der Waals surface area (Å²) in [6, 6.07) is 5.80. The summed E-state index contributed by atoms with van der Waals surface area (Å²) in [6.45, 7) is 6.33. The average Bonchev–Trinajstić information content (AvgIpc) is 2.29. The van der Waals surface area contributed by atoms with Gasteiger partial charge < -0.3 is 14.6 Å². The molecule has 0 saturated carbocycles. The second-order valence-electron chi connectivity index (χ2n) is 4.73. The van der Waals surface area contributed by atoms with Crippen molar-refractivity contribution >= 4 is 15.9 Å². The van der Waals surface area contributed by atoms with Crippen LogP contribution in [0.15, 0.2) is 22.7 Å². The van der Waals surface area contributed by atoms with Gasteiger partial charge in [-0.25, -0.2) is 0 Å². The van der Waals surface area contributed by atoms with Crippen LogP contribution in [-0.4, -0.2) is 30.5 Å². The molecular weight excluding hydrogens is 296 g/mol. The van der Waals surface area contributed by atoms with Crippen LogP contribution >= 0.6 is 15.9 Å². The quantitative estimate of drug-likeness (QED) is 0.876. The molecule has 0 radical (unpaired) electrons. The number of hydrogen-bond acceptors (Lipinski definition) is 3. The van der Waals surface area contributed by atoms with Gasteiger partial charge in [0.2, 0.25) is 0 Å². The van der Waals surface area contributed by atoms with Crippen LogP contribution in [0.4, 0.5) is 0 Å². The van der Waals surface area contributed by atoms with Crippen LogP contribution in [0.25, 0.3) is 0 Å². The molecule has 0 fully saturated rings. The topological polar surface area (TPSA) is 38.7 Å². The number of methoxy groups -OCH3 is 1. The largest absolute Gasteiger partial charge is 0.496 e. The molecule has 0 saturated heterocycles. The Morgan fingerprint density at radius 3 is 2.56 bits per heavy atom. The maximum absolute atomic E-state index is 10.2. The molecule has 0 spiro atoms. The molecule has 0 aliphatic heterocycles. The van der Waals surface area contributed by atoms with E-state index in [9.17, 15) is 5.11 Å². The van der Waals surface area contributed by atoms with E-state index in [4.69, 9.17) is 9.47 Å². The van der Waals surface area contributed by atoms with E-state index in [1.807, 2.05) is 39.0 Å². The van der Waals surface area contributed by atoms with Crippen LogP contribution in [0.5, 0.6) is 5.75 Å². The van der Waals surface area contributed by atoms with Crippen molar-refractivity contribution in [1.82, 2.24) is 0 Å². The van der Waals surface area contributed by atoms with Crippen molar-refractivity contribution in [3.05, 3.63) is 28.2 Å².